The van der Waals surface area contributed by atoms with E-state index in [2.05, 4.69) is 26.0 Å². The van der Waals surface area contributed by atoms with Crippen LogP contribution in [0.2, 0.25) is 0 Å². The van der Waals surface area contributed by atoms with E-state index < -0.39 is 0 Å². The molecule has 1 aliphatic rings. The fourth-order valence-electron chi connectivity index (χ4n) is 3.10. The molecule has 0 atom stereocenters. The maximum absolute atomic E-state index is 12.6. The molecule has 0 N–H and O–H groups in total. The maximum atomic E-state index is 12.6. The summed E-state index contributed by atoms with van der Waals surface area (Å²) in [7, 11) is 0. The number of carbonyl (C=O) groups is 1. The average molecular weight is 247 g/mol. The summed E-state index contributed by atoms with van der Waals surface area (Å²) in [6.45, 7) is 4.16. The second-order valence-corrected chi connectivity index (χ2v) is 5.18. The van der Waals surface area contributed by atoms with Crippen LogP contribution in [0, 0.1) is 13.8 Å². The summed E-state index contributed by atoms with van der Waals surface area (Å²) in [5.74, 6) is 0.0919. The van der Waals surface area contributed by atoms with Crippen LogP contribution in [0.25, 0.3) is 22.2 Å². The van der Waals surface area contributed by atoms with Gasteiger partial charge in [0.05, 0.1) is 11.2 Å². The maximum Gasteiger partial charge on any atom is 0.263 e. The average Bonchev–Trinajstić information content (AvgIpc) is 2.86. The molecule has 2 nitrogen and oxygen atoms in total. The van der Waals surface area contributed by atoms with Gasteiger partial charge in [0.1, 0.15) is 0 Å². The van der Waals surface area contributed by atoms with Crippen molar-refractivity contribution in [1.82, 2.24) is 4.57 Å². The summed E-state index contributed by atoms with van der Waals surface area (Å²) in [4.78, 5) is 12.6. The molecule has 0 spiro atoms. The largest absolute Gasteiger partial charge is 0.275 e. The third kappa shape index (κ3) is 1.18. The van der Waals surface area contributed by atoms with Crippen LogP contribution in [0.5, 0.6) is 0 Å². The Morgan fingerprint density at radius 3 is 2.58 bits per heavy atom. The minimum Gasteiger partial charge on any atom is -0.275 e. The molecule has 0 saturated carbocycles. The molecule has 4 rings (SSSR count). The molecular formula is C17H13NO. The molecule has 2 heteroatoms. The summed E-state index contributed by atoms with van der Waals surface area (Å²) in [6, 6.07) is 14.2. The van der Waals surface area contributed by atoms with E-state index in [0.29, 0.717) is 0 Å². The lowest BCUT2D eigenvalue weighted by atomic mass is 10.0. The van der Waals surface area contributed by atoms with Gasteiger partial charge >= 0.3 is 0 Å². The predicted molar refractivity (Wildman–Crippen MR) is 76.6 cm³/mol. The minimum absolute atomic E-state index is 0.0919. The first-order chi connectivity index (χ1) is 9.18. The van der Waals surface area contributed by atoms with E-state index in [-0.39, 0.29) is 5.91 Å². The molecule has 1 aromatic heterocycles. The quantitative estimate of drug-likeness (QED) is 0.461. The highest BCUT2D eigenvalue weighted by atomic mass is 16.2. The minimum atomic E-state index is 0.0919. The Morgan fingerprint density at radius 2 is 1.74 bits per heavy atom. The molecule has 0 amide bonds. The number of nitrogens with zero attached hydrogens (tertiary/aromatic N) is 1. The molecule has 0 bridgehead atoms. The number of hydrogen-bond donors (Lipinski definition) is 0. The van der Waals surface area contributed by atoms with Gasteiger partial charge in [-0.1, -0.05) is 29.8 Å². The van der Waals surface area contributed by atoms with Crippen molar-refractivity contribution < 1.29 is 4.79 Å². The Hall–Kier alpha value is -2.35. The Morgan fingerprint density at radius 1 is 0.947 bits per heavy atom. The van der Waals surface area contributed by atoms with Crippen LogP contribution in [-0.2, 0) is 0 Å². The lowest BCUT2D eigenvalue weighted by Crippen LogP contribution is -2.05. The molecule has 0 aliphatic carbocycles. The highest BCUT2D eigenvalue weighted by Gasteiger charge is 2.30. The van der Waals surface area contributed by atoms with Crippen molar-refractivity contribution in [2.24, 2.45) is 0 Å². The third-order valence-corrected chi connectivity index (χ3v) is 3.99. The topological polar surface area (TPSA) is 22.0 Å². The van der Waals surface area contributed by atoms with E-state index in [4.69, 9.17) is 0 Å². The third-order valence-electron chi connectivity index (χ3n) is 3.99. The highest BCUT2D eigenvalue weighted by Crippen LogP contribution is 2.40. The van der Waals surface area contributed by atoms with Crippen LogP contribution >= 0.6 is 0 Å². The molecule has 1 aliphatic heterocycles. The van der Waals surface area contributed by atoms with Gasteiger partial charge in [-0.15, -0.1) is 0 Å². The van der Waals surface area contributed by atoms with Gasteiger partial charge in [0, 0.05) is 16.5 Å². The van der Waals surface area contributed by atoms with Crippen LogP contribution in [-0.4, -0.2) is 10.5 Å². The molecular weight excluding hydrogens is 234 g/mol. The van der Waals surface area contributed by atoms with Gasteiger partial charge in [0.25, 0.3) is 5.91 Å². The van der Waals surface area contributed by atoms with Crippen LogP contribution in [0.15, 0.2) is 42.5 Å². The normalized spacial score (nSPS) is 12.8. The van der Waals surface area contributed by atoms with Crippen molar-refractivity contribution in [3.63, 3.8) is 0 Å². The Kier molecular flexibility index (Phi) is 1.86. The second-order valence-electron chi connectivity index (χ2n) is 5.18. The summed E-state index contributed by atoms with van der Waals surface area (Å²) < 4.78 is 1.86. The van der Waals surface area contributed by atoms with Gasteiger partial charge in [0.2, 0.25) is 0 Å². The van der Waals surface area contributed by atoms with E-state index in [0.717, 1.165) is 27.7 Å². The molecule has 0 fully saturated rings. The number of aromatic nitrogens is 1. The van der Waals surface area contributed by atoms with Crippen LogP contribution < -0.4 is 0 Å². The van der Waals surface area contributed by atoms with Crippen molar-refractivity contribution in [2.45, 2.75) is 13.8 Å². The summed E-state index contributed by atoms with van der Waals surface area (Å²) in [5.41, 5.74) is 6.32. The molecule has 0 unspecified atom stereocenters. The lowest BCUT2D eigenvalue weighted by molar-refractivity contribution is 0.0973. The lowest BCUT2D eigenvalue weighted by Gasteiger charge is -2.00. The van der Waals surface area contributed by atoms with Gasteiger partial charge < -0.3 is 0 Å². The van der Waals surface area contributed by atoms with E-state index in [1.807, 2.05) is 34.9 Å². The van der Waals surface area contributed by atoms with Crippen molar-refractivity contribution >= 4 is 16.8 Å². The fourth-order valence-corrected chi connectivity index (χ4v) is 3.10. The fraction of sp³-hybridized carbons (Fsp3) is 0.118. The smallest absolute Gasteiger partial charge is 0.263 e. The van der Waals surface area contributed by atoms with Gasteiger partial charge in [-0.05, 0) is 37.6 Å². The highest BCUT2D eigenvalue weighted by molar-refractivity contribution is 6.15. The molecule has 3 aromatic rings. The van der Waals surface area contributed by atoms with E-state index in [1.165, 1.54) is 11.1 Å². The van der Waals surface area contributed by atoms with Crippen molar-refractivity contribution in [3.05, 3.63) is 59.2 Å². The number of carbonyl (C=O) groups excluding carboxylic acids is 1. The Labute approximate surface area is 111 Å². The molecule has 92 valence electrons. The predicted octanol–water partition coefficient (Wildman–Crippen LogP) is 3.93. The number of fused-ring (bicyclic) bond motifs is 5. The van der Waals surface area contributed by atoms with E-state index in [1.54, 1.807) is 0 Å². The first-order valence-corrected chi connectivity index (χ1v) is 6.44. The van der Waals surface area contributed by atoms with Crippen molar-refractivity contribution in [2.75, 3.05) is 0 Å². The van der Waals surface area contributed by atoms with Crippen molar-refractivity contribution in [3.8, 4) is 11.3 Å². The molecule has 2 aromatic carbocycles. The number of hydrogen-bond acceptors (Lipinski definition) is 1. The van der Waals surface area contributed by atoms with Gasteiger partial charge in [-0.3, -0.25) is 9.36 Å². The molecule has 0 radical (unpaired) electrons. The number of rotatable bonds is 0. The van der Waals surface area contributed by atoms with Crippen molar-refractivity contribution in [1.29, 1.82) is 0 Å². The number of benzene rings is 2. The van der Waals surface area contributed by atoms with E-state index >= 15 is 0 Å². The Bertz CT molecular complexity index is 855. The second kappa shape index (κ2) is 3.35. The zero-order valence-electron chi connectivity index (χ0n) is 10.9. The summed E-state index contributed by atoms with van der Waals surface area (Å²) in [5, 5.41) is 1.16. The monoisotopic (exact) mass is 247 g/mol. The Balaban J connectivity index is 2.22. The van der Waals surface area contributed by atoms with E-state index in [9.17, 15) is 4.79 Å². The van der Waals surface area contributed by atoms with Crippen LogP contribution in [0.3, 0.4) is 0 Å². The number of aryl methyl sites for hydroxylation is 2. The summed E-state index contributed by atoms with van der Waals surface area (Å²) >= 11 is 0. The molecule has 19 heavy (non-hydrogen) atoms. The first kappa shape index (κ1) is 10.6. The zero-order chi connectivity index (χ0) is 13.1. The number of para-hydroxylation sites is 1. The SMILES string of the molecule is Cc1ccc2c(c1)-c1c(C)c3ccccc3n1C2=O. The van der Waals surface area contributed by atoms with Crippen LogP contribution in [0.4, 0.5) is 0 Å². The van der Waals surface area contributed by atoms with Gasteiger partial charge in [-0.2, -0.15) is 0 Å². The van der Waals surface area contributed by atoms with Gasteiger partial charge in [-0.25, -0.2) is 0 Å². The molecule has 0 saturated heterocycles. The molecule has 2 heterocycles. The van der Waals surface area contributed by atoms with Crippen LogP contribution in [0.1, 0.15) is 21.5 Å². The first-order valence-electron chi connectivity index (χ1n) is 6.44. The standard InChI is InChI=1S/C17H13NO/c1-10-7-8-13-14(9-10)16-11(2)12-5-3-4-6-15(12)18(16)17(13)19/h3-9H,1-2H3. The zero-order valence-corrected chi connectivity index (χ0v) is 10.9. The van der Waals surface area contributed by atoms with Gasteiger partial charge in [0.15, 0.2) is 0 Å². The summed E-state index contributed by atoms with van der Waals surface area (Å²) in [6.07, 6.45) is 0.